The Balaban J connectivity index is 1.38. The molecule has 0 fully saturated rings. The van der Waals surface area contributed by atoms with E-state index in [9.17, 15) is 0 Å². The van der Waals surface area contributed by atoms with Crippen LogP contribution in [0, 0.1) is 0 Å². The number of rotatable bonds is 11. The highest BCUT2D eigenvalue weighted by Crippen LogP contribution is 2.44. The normalized spacial score (nSPS) is 14.1. The fraction of sp³-hybridized carbons (Fsp3) is 0.120. The van der Waals surface area contributed by atoms with E-state index in [-0.39, 0.29) is 0 Å². The van der Waals surface area contributed by atoms with Crippen molar-refractivity contribution < 1.29 is 0 Å². The van der Waals surface area contributed by atoms with Crippen LogP contribution in [0.5, 0.6) is 0 Å². The summed E-state index contributed by atoms with van der Waals surface area (Å²) < 4.78 is 2.42. The van der Waals surface area contributed by atoms with Crippen molar-refractivity contribution in [3.63, 3.8) is 0 Å². The summed E-state index contributed by atoms with van der Waals surface area (Å²) in [5, 5.41) is 1.19. The number of benzene rings is 4. The van der Waals surface area contributed by atoms with Gasteiger partial charge in [-0.2, -0.15) is 0 Å². The van der Waals surface area contributed by atoms with E-state index in [0.717, 1.165) is 70.4 Å². The van der Waals surface area contributed by atoms with Gasteiger partial charge in [-0.15, -0.1) is 5.73 Å². The molecule has 0 atom stereocenters. The molecular formula is C50H44N4. The van der Waals surface area contributed by atoms with Crippen LogP contribution in [-0.4, -0.2) is 29.5 Å². The van der Waals surface area contributed by atoms with Crippen LogP contribution in [0.2, 0.25) is 0 Å². The second-order valence-electron chi connectivity index (χ2n) is 13.3. The van der Waals surface area contributed by atoms with Crippen molar-refractivity contribution in [2.45, 2.75) is 32.6 Å². The molecule has 0 saturated carbocycles. The van der Waals surface area contributed by atoms with Gasteiger partial charge < -0.3 is 4.57 Å². The molecule has 0 spiro atoms. The third kappa shape index (κ3) is 6.96. The zero-order valence-electron chi connectivity index (χ0n) is 30.9. The van der Waals surface area contributed by atoms with Crippen molar-refractivity contribution in [3.05, 3.63) is 198 Å². The van der Waals surface area contributed by atoms with Crippen molar-refractivity contribution in [1.82, 2.24) is 4.57 Å². The van der Waals surface area contributed by atoms with Gasteiger partial charge in [0.1, 0.15) is 0 Å². The Morgan fingerprint density at radius 2 is 1.80 bits per heavy atom. The molecule has 1 heterocycles. The van der Waals surface area contributed by atoms with Crippen LogP contribution in [0.4, 0.5) is 0 Å². The minimum atomic E-state index is 0.390. The molecule has 2 aliphatic carbocycles. The molecule has 4 heteroatoms. The lowest BCUT2D eigenvalue weighted by Gasteiger charge is -2.15. The molecular weight excluding hydrogens is 657 g/mol. The van der Waals surface area contributed by atoms with Crippen LogP contribution in [0.25, 0.3) is 45.4 Å². The lowest BCUT2D eigenvalue weighted by atomic mass is 9.97. The first kappa shape index (κ1) is 35.8. The number of allylic oxidation sites excluding steroid dienone is 7. The molecule has 0 aliphatic heterocycles. The fourth-order valence-electron chi connectivity index (χ4n) is 7.43. The zero-order chi connectivity index (χ0) is 37.4. The van der Waals surface area contributed by atoms with Crippen LogP contribution >= 0.6 is 0 Å². The molecule has 2 aliphatic rings. The Labute approximate surface area is 319 Å². The van der Waals surface area contributed by atoms with Crippen molar-refractivity contribution in [2.24, 2.45) is 15.0 Å². The van der Waals surface area contributed by atoms with E-state index in [4.69, 9.17) is 9.98 Å². The predicted octanol–water partition coefficient (Wildman–Crippen LogP) is 12.3. The summed E-state index contributed by atoms with van der Waals surface area (Å²) >= 11 is 0. The van der Waals surface area contributed by atoms with Gasteiger partial charge in [0.2, 0.25) is 0 Å². The maximum absolute atomic E-state index is 5.11. The van der Waals surface area contributed by atoms with E-state index in [2.05, 4.69) is 134 Å². The molecule has 5 aromatic rings. The highest BCUT2D eigenvalue weighted by Gasteiger charge is 2.28. The van der Waals surface area contributed by atoms with Gasteiger partial charge in [0.05, 0.1) is 23.4 Å². The molecule has 0 N–H and O–H groups in total. The quantitative estimate of drug-likeness (QED) is 0.0559. The summed E-state index contributed by atoms with van der Waals surface area (Å²) in [6.07, 6.45) is 22.7. The van der Waals surface area contributed by atoms with Gasteiger partial charge in [0.25, 0.3) is 0 Å². The number of aromatic nitrogens is 1. The smallest absolute Gasteiger partial charge is 0.161 e. The van der Waals surface area contributed by atoms with Crippen LogP contribution in [0.15, 0.2) is 173 Å². The fourth-order valence-corrected chi connectivity index (χ4v) is 7.43. The standard InChI is InChI=1S/C50H44N4/c1-6-10-20-35(8-3)34-52-49(37-23-16-13-17-24-37)53-50(51-5)42-27-18-25-39-33-44-41(48(39)42)26-19-29-46(44)54-45(28-11-7-2)40(9-4)43-32-38(30-31-47(43)54)36-21-14-12-15-22-36/h8-11,13-14,16-32H,1,3-5,7,12,15,33-34H2,2H3/b28-11-,35-20+,52-49-,53-50-. The second kappa shape index (κ2) is 16.4. The van der Waals surface area contributed by atoms with Crippen LogP contribution in [0.3, 0.4) is 0 Å². The summed E-state index contributed by atoms with van der Waals surface area (Å²) in [7, 11) is 0. The Morgan fingerprint density at radius 3 is 2.54 bits per heavy atom. The van der Waals surface area contributed by atoms with Crippen LogP contribution < -0.4 is 0 Å². The molecule has 7 rings (SSSR count). The third-order valence-corrected chi connectivity index (χ3v) is 9.99. The summed E-state index contributed by atoms with van der Waals surface area (Å²) in [6.45, 7) is 18.5. The molecule has 264 valence electrons. The monoisotopic (exact) mass is 700 g/mol. The number of fused-ring (bicyclic) bond motifs is 4. The topological polar surface area (TPSA) is 42.0 Å². The summed E-state index contributed by atoms with van der Waals surface area (Å²) in [5.41, 5.74) is 17.4. The van der Waals surface area contributed by atoms with Gasteiger partial charge in [0, 0.05) is 28.5 Å². The molecule has 4 aromatic carbocycles. The van der Waals surface area contributed by atoms with Crippen LogP contribution in [0.1, 0.15) is 65.3 Å². The molecule has 0 unspecified atom stereocenters. The number of amidine groups is 2. The van der Waals surface area contributed by atoms with Gasteiger partial charge in [-0.05, 0) is 101 Å². The highest BCUT2D eigenvalue weighted by molar-refractivity contribution is 6.16. The van der Waals surface area contributed by atoms with Crippen molar-refractivity contribution >= 4 is 47.0 Å². The van der Waals surface area contributed by atoms with Crippen LogP contribution in [-0.2, 0) is 6.42 Å². The largest absolute Gasteiger partial charge is 0.309 e. The van der Waals surface area contributed by atoms with E-state index in [1.54, 1.807) is 12.2 Å². The molecule has 54 heavy (non-hydrogen) atoms. The minimum absolute atomic E-state index is 0.390. The van der Waals surface area contributed by atoms with Gasteiger partial charge in [-0.25, -0.2) is 9.98 Å². The Hall–Kier alpha value is -6.61. The predicted molar refractivity (Wildman–Crippen MR) is 233 cm³/mol. The average Bonchev–Trinajstić information content (AvgIpc) is 3.77. The molecule has 0 bridgehead atoms. The maximum atomic E-state index is 5.11. The Morgan fingerprint density at radius 1 is 0.944 bits per heavy atom. The van der Waals surface area contributed by atoms with E-state index in [1.807, 2.05) is 42.5 Å². The lowest BCUT2D eigenvalue weighted by molar-refractivity contribution is 1.04. The average molecular weight is 701 g/mol. The first-order chi connectivity index (χ1) is 26.6. The molecule has 1 aromatic heterocycles. The molecule has 4 nitrogen and oxygen atoms in total. The van der Waals surface area contributed by atoms with E-state index >= 15 is 0 Å². The zero-order valence-corrected chi connectivity index (χ0v) is 30.9. The first-order valence-corrected chi connectivity index (χ1v) is 18.5. The van der Waals surface area contributed by atoms with Gasteiger partial charge in [-0.1, -0.05) is 130 Å². The summed E-state index contributed by atoms with van der Waals surface area (Å²) in [4.78, 5) is 14.6. The van der Waals surface area contributed by atoms with Gasteiger partial charge in [-0.3, -0.25) is 4.99 Å². The van der Waals surface area contributed by atoms with E-state index in [0.29, 0.717) is 18.2 Å². The number of hydrogen-bond acceptors (Lipinski definition) is 1. The number of aliphatic imine (C=N–C) groups is 3. The molecule has 0 radical (unpaired) electrons. The molecule has 0 amide bonds. The second-order valence-corrected chi connectivity index (χ2v) is 13.3. The Bertz CT molecular complexity index is 2520. The van der Waals surface area contributed by atoms with Gasteiger partial charge in [0.15, 0.2) is 11.7 Å². The first-order valence-electron chi connectivity index (χ1n) is 18.5. The molecule has 0 saturated heterocycles. The number of hydrogen-bond donors (Lipinski definition) is 0. The van der Waals surface area contributed by atoms with E-state index in [1.165, 1.54) is 33.2 Å². The number of nitrogens with zero attached hydrogens (tertiary/aromatic N) is 4. The highest BCUT2D eigenvalue weighted by atomic mass is 15.0. The van der Waals surface area contributed by atoms with Crippen molar-refractivity contribution in [3.8, 4) is 16.8 Å². The third-order valence-electron chi connectivity index (χ3n) is 9.99. The lowest BCUT2D eigenvalue weighted by Crippen LogP contribution is -2.07. The minimum Gasteiger partial charge on any atom is -0.309 e. The summed E-state index contributed by atoms with van der Waals surface area (Å²) in [5.74, 6) is 1.09. The Kier molecular flexibility index (Phi) is 10.9. The maximum Gasteiger partial charge on any atom is 0.161 e. The van der Waals surface area contributed by atoms with Gasteiger partial charge >= 0.3 is 0 Å². The van der Waals surface area contributed by atoms with E-state index < -0.39 is 0 Å². The summed E-state index contributed by atoms with van der Waals surface area (Å²) in [6, 6.07) is 29.9. The van der Waals surface area contributed by atoms with Crippen molar-refractivity contribution in [2.75, 3.05) is 6.54 Å². The van der Waals surface area contributed by atoms with Crippen molar-refractivity contribution in [1.29, 1.82) is 0 Å². The SMILES string of the molecule is C=C=C/C=C(\C=C)C/N=C(\N=C(/N=C)c1cccc2c1-c1cccc(-n3c(/C=C\CC)c(C=C)c4cc(C5=CCCC=C5)ccc43)c1C2)c1ccccc1.